The molecule has 0 radical (unpaired) electrons. The fourth-order valence-electron chi connectivity index (χ4n) is 4.30. The zero-order valence-electron chi connectivity index (χ0n) is 20.7. The van der Waals surface area contributed by atoms with Crippen molar-refractivity contribution in [2.75, 3.05) is 32.8 Å². The molecule has 2 aromatic rings. The van der Waals surface area contributed by atoms with Crippen LogP contribution in [0.15, 0.2) is 42.5 Å². The molecule has 0 aliphatic carbocycles. The largest absolute Gasteiger partial charge is 0.491 e. The number of guanidine groups is 1. The predicted octanol–water partition coefficient (Wildman–Crippen LogP) is 2.91. The first-order valence-electron chi connectivity index (χ1n) is 12.1. The molecule has 2 unspecified atom stereocenters. The number of amidine groups is 1. The van der Waals surface area contributed by atoms with Gasteiger partial charge in [-0.15, -0.1) is 0 Å². The second kappa shape index (κ2) is 11.2. The Morgan fingerprint density at radius 3 is 2.56 bits per heavy atom. The lowest BCUT2D eigenvalue weighted by atomic mass is 10.1. The lowest BCUT2D eigenvalue weighted by Gasteiger charge is -2.21. The van der Waals surface area contributed by atoms with Crippen LogP contribution in [0.1, 0.15) is 37.5 Å². The first-order chi connectivity index (χ1) is 17.3. The Labute approximate surface area is 210 Å². The van der Waals surface area contributed by atoms with Gasteiger partial charge < -0.3 is 34.5 Å². The van der Waals surface area contributed by atoms with Crippen LogP contribution in [0.4, 0.5) is 0 Å². The molecule has 192 valence electrons. The van der Waals surface area contributed by atoms with Gasteiger partial charge in [-0.2, -0.15) is 0 Å². The van der Waals surface area contributed by atoms with Crippen molar-refractivity contribution < 1.29 is 23.7 Å². The molecule has 2 aromatic carbocycles. The first kappa shape index (κ1) is 25.2. The Morgan fingerprint density at radius 1 is 1.14 bits per heavy atom. The van der Waals surface area contributed by atoms with Crippen LogP contribution in [0.5, 0.6) is 17.2 Å². The smallest absolute Gasteiger partial charge is 0.352 e. The number of rotatable bonds is 7. The lowest BCUT2D eigenvalue weighted by molar-refractivity contribution is -0.151. The van der Waals surface area contributed by atoms with Crippen LogP contribution in [0.25, 0.3) is 0 Å². The highest BCUT2D eigenvalue weighted by Gasteiger charge is 2.27. The van der Waals surface area contributed by atoms with Crippen LogP contribution in [-0.4, -0.2) is 66.5 Å². The minimum Gasteiger partial charge on any atom is -0.491 e. The van der Waals surface area contributed by atoms with Gasteiger partial charge in [-0.1, -0.05) is 12.1 Å². The molecule has 2 heterocycles. The number of carbonyl (C=O) groups is 1. The zero-order chi connectivity index (χ0) is 25.7. The van der Waals surface area contributed by atoms with Crippen LogP contribution in [-0.2, 0) is 16.1 Å². The average molecular weight is 496 g/mol. The summed E-state index contributed by atoms with van der Waals surface area (Å²) in [4.78, 5) is 16.5. The summed E-state index contributed by atoms with van der Waals surface area (Å²) in [5.74, 6) is 1.91. The van der Waals surface area contributed by atoms with Gasteiger partial charge in [-0.25, -0.2) is 4.79 Å². The van der Waals surface area contributed by atoms with Gasteiger partial charge >= 0.3 is 5.97 Å². The lowest BCUT2D eigenvalue weighted by Crippen LogP contribution is -2.37. The predicted molar refractivity (Wildman–Crippen MR) is 135 cm³/mol. The summed E-state index contributed by atoms with van der Waals surface area (Å²) in [5, 5.41) is 15.5. The van der Waals surface area contributed by atoms with Crippen molar-refractivity contribution in [3.05, 3.63) is 53.6 Å². The number of hydrogen-bond acceptors (Lipinski definition) is 7. The first-order valence-corrected chi connectivity index (χ1v) is 12.1. The monoisotopic (exact) mass is 495 g/mol. The number of carbonyl (C=O) groups excluding carboxylic acids is 1. The third-order valence-electron chi connectivity index (χ3n) is 6.21. The van der Waals surface area contributed by atoms with Crippen LogP contribution in [0.2, 0.25) is 0 Å². The van der Waals surface area contributed by atoms with E-state index in [2.05, 4.69) is 0 Å². The van der Waals surface area contributed by atoms with Gasteiger partial charge in [0, 0.05) is 30.6 Å². The van der Waals surface area contributed by atoms with Crippen LogP contribution in [0.3, 0.4) is 0 Å². The highest BCUT2D eigenvalue weighted by Crippen LogP contribution is 2.31. The molecule has 0 amide bonds. The van der Waals surface area contributed by atoms with E-state index in [1.807, 2.05) is 17.0 Å². The van der Waals surface area contributed by atoms with Crippen LogP contribution < -0.4 is 19.9 Å². The van der Waals surface area contributed by atoms with E-state index in [-0.39, 0.29) is 18.7 Å². The molecule has 4 rings (SSSR count). The van der Waals surface area contributed by atoms with Gasteiger partial charge in [0.1, 0.15) is 30.0 Å². The van der Waals surface area contributed by atoms with E-state index in [0.29, 0.717) is 54.9 Å². The Bertz CT molecular complexity index is 1110. The minimum atomic E-state index is -0.963. The third kappa shape index (κ3) is 5.99. The van der Waals surface area contributed by atoms with Gasteiger partial charge in [0.2, 0.25) is 6.10 Å². The van der Waals surface area contributed by atoms with E-state index in [9.17, 15) is 4.79 Å². The highest BCUT2D eigenvalue weighted by atomic mass is 16.6. The number of ether oxygens (including phenoxy) is 4. The molecule has 10 nitrogen and oxygen atoms in total. The van der Waals surface area contributed by atoms with Gasteiger partial charge in [0.25, 0.3) is 0 Å². The van der Waals surface area contributed by atoms with Gasteiger partial charge in [0.05, 0.1) is 25.5 Å². The molecule has 0 spiro atoms. The molecule has 36 heavy (non-hydrogen) atoms. The molecule has 1 saturated heterocycles. The number of nitrogens with two attached hydrogens (primary N) is 1. The summed E-state index contributed by atoms with van der Waals surface area (Å²) in [6.45, 7) is 6.62. The molecule has 0 bridgehead atoms. The summed E-state index contributed by atoms with van der Waals surface area (Å²) in [7, 11) is 0. The molecule has 10 heteroatoms. The van der Waals surface area contributed by atoms with E-state index in [4.69, 9.17) is 35.5 Å². The van der Waals surface area contributed by atoms with Gasteiger partial charge in [-0.05, 0) is 44.2 Å². The van der Waals surface area contributed by atoms with Gasteiger partial charge in [0.15, 0.2) is 5.96 Å². The summed E-state index contributed by atoms with van der Waals surface area (Å²) in [5.41, 5.74) is 7.14. The maximum atomic E-state index is 12.8. The molecular formula is C26H33N5O5. The molecule has 0 saturated carbocycles. The summed E-state index contributed by atoms with van der Waals surface area (Å²) < 4.78 is 23.3. The molecule has 2 aliphatic heterocycles. The number of esters is 1. The summed E-state index contributed by atoms with van der Waals surface area (Å²) in [6.07, 6.45) is -0.0878. The summed E-state index contributed by atoms with van der Waals surface area (Å²) in [6, 6.07) is 12.6. The number of benzene rings is 2. The van der Waals surface area contributed by atoms with Crippen molar-refractivity contribution in [3.8, 4) is 17.2 Å². The average Bonchev–Trinajstić information content (AvgIpc) is 3.21. The molecule has 2 atom stereocenters. The quantitative estimate of drug-likeness (QED) is 0.303. The summed E-state index contributed by atoms with van der Waals surface area (Å²) >= 11 is 0. The van der Waals surface area contributed by atoms with Crippen molar-refractivity contribution in [2.24, 2.45) is 5.73 Å². The fraction of sp³-hybridized carbons (Fsp3) is 0.423. The number of nitrogens with zero attached hydrogens (tertiary/aromatic N) is 2. The maximum Gasteiger partial charge on any atom is 0.352 e. The fourth-order valence-corrected chi connectivity index (χ4v) is 4.30. The molecule has 4 N–H and O–H groups in total. The van der Waals surface area contributed by atoms with Crippen molar-refractivity contribution in [3.63, 3.8) is 0 Å². The highest BCUT2D eigenvalue weighted by molar-refractivity contribution is 5.77. The number of fused-ring (bicyclic) bond motifs is 1. The minimum absolute atomic E-state index is 0.0182. The zero-order valence-corrected chi connectivity index (χ0v) is 20.7. The molecule has 2 aliphatic rings. The van der Waals surface area contributed by atoms with Crippen molar-refractivity contribution in [1.29, 1.82) is 10.8 Å². The molecule has 0 aromatic heterocycles. The van der Waals surface area contributed by atoms with E-state index < -0.39 is 12.1 Å². The number of hydrogen-bond donors (Lipinski definition) is 3. The number of nitrogens with one attached hydrogen (secondary N) is 2. The normalized spacial score (nSPS) is 17.9. The molecular weight excluding hydrogens is 462 g/mol. The van der Waals surface area contributed by atoms with E-state index in [0.717, 1.165) is 18.5 Å². The van der Waals surface area contributed by atoms with Crippen LogP contribution >= 0.6 is 0 Å². The topological polar surface area (TPSA) is 134 Å². The Kier molecular flexibility index (Phi) is 7.82. The van der Waals surface area contributed by atoms with Crippen molar-refractivity contribution >= 4 is 17.8 Å². The second-order valence-electron chi connectivity index (χ2n) is 8.80. The molecule has 1 fully saturated rings. The number of likely N-dealkylation sites (tertiary alicyclic amines) is 1. The standard InChI is InChI=1S/C26H33N5O5/c1-3-33-25(32)24(18-4-6-20(7-5-18)35-22-10-11-30(16-22)17(2)27)36-21-8-9-23-19(14-21)15-31(26(28)29)12-13-34-23/h4-9,14,22,24,27H,3,10-13,15-16H2,1-2H3,(H3,28,29). The maximum absolute atomic E-state index is 12.8. The van der Waals surface area contributed by atoms with Crippen molar-refractivity contribution in [2.45, 2.75) is 39.0 Å². The Morgan fingerprint density at radius 2 is 1.89 bits per heavy atom. The third-order valence-corrected chi connectivity index (χ3v) is 6.21. The van der Waals surface area contributed by atoms with E-state index in [1.54, 1.807) is 49.1 Å². The Hall–Kier alpha value is -3.95. The SMILES string of the molecule is CCOC(=O)C(Oc1ccc2c(c1)CN(C(=N)N)CCO2)c1ccc(OC2CCN(C(C)=N)C2)cc1. The van der Waals surface area contributed by atoms with E-state index >= 15 is 0 Å². The Balaban J connectivity index is 1.49. The van der Waals surface area contributed by atoms with Crippen molar-refractivity contribution in [1.82, 2.24) is 9.80 Å². The van der Waals surface area contributed by atoms with E-state index in [1.165, 1.54) is 0 Å². The van der Waals surface area contributed by atoms with Crippen LogP contribution in [0, 0.1) is 10.8 Å². The van der Waals surface area contributed by atoms with Gasteiger partial charge in [-0.3, -0.25) is 10.8 Å². The second-order valence-corrected chi connectivity index (χ2v) is 8.80.